The Morgan fingerprint density at radius 1 is 1.33 bits per heavy atom. The smallest absolute Gasteiger partial charge is 0.125 e. The molecule has 1 aliphatic rings. The van der Waals surface area contributed by atoms with Gasteiger partial charge in [-0.2, -0.15) is 0 Å². The van der Waals surface area contributed by atoms with Crippen LogP contribution in [-0.4, -0.2) is 13.7 Å². The van der Waals surface area contributed by atoms with Gasteiger partial charge in [-0.05, 0) is 61.9 Å². The monoisotopic (exact) mass is 247 g/mol. The Hall–Kier alpha value is -1.02. The molecular formula is C16H25NO. The summed E-state index contributed by atoms with van der Waals surface area (Å²) in [6.45, 7) is 10.0. The number of ether oxygens (including phenoxy) is 1. The molecule has 0 bridgehead atoms. The van der Waals surface area contributed by atoms with E-state index in [1.165, 1.54) is 29.5 Å². The third-order valence-electron chi connectivity index (χ3n) is 4.14. The molecule has 1 aromatic rings. The van der Waals surface area contributed by atoms with Crippen LogP contribution in [0, 0.1) is 6.92 Å². The van der Waals surface area contributed by atoms with E-state index < -0.39 is 0 Å². The van der Waals surface area contributed by atoms with Crippen molar-refractivity contribution < 1.29 is 4.74 Å². The topological polar surface area (TPSA) is 21.3 Å². The van der Waals surface area contributed by atoms with E-state index in [9.17, 15) is 0 Å². The van der Waals surface area contributed by atoms with Crippen LogP contribution in [0.3, 0.4) is 0 Å². The van der Waals surface area contributed by atoms with Crippen molar-refractivity contribution in [3.8, 4) is 5.75 Å². The van der Waals surface area contributed by atoms with Crippen molar-refractivity contribution >= 4 is 0 Å². The van der Waals surface area contributed by atoms with Gasteiger partial charge in [0.15, 0.2) is 0 Å². The quantitative estimate of drug-likeness (QED) is 0.879. The van der Waals surface area contributed by atoms with Crippen molar-refractivity contribution in [2.75, 3.05) is 13.7 Å². The van der Waals surface area contributed by atoms with Crippen molar-refractivity contribution in [3.05, 3.63) is 28.8 Å². The molecule has 100 valence electrons. The van der Waals surface area contributed by atoms with Crippen molar-refractivity contribution in [1.82, 2.24) is 5.32 Å². The number of hydrogen-bond acceptors (Lipinski definition) is 2. The molecule has 0 amide bonds. The first-order valence-electron chi connectivity index (χ1n) is 6.92. The first-order chi connectivity index (χ1) is 8.48. The fraction of sp³-hybridized carbons (Fsp3) is 0.625. The van der Waals surface area contributed by atoms with Crippen LogP contribution in [0.15, 0.2) is 12.1 Å². The minimum absolute atomic E-state index is 0.140. The molecule has 0 aromatic heterocycles. The highest BCUT2D eigenvalue weighted by molar-refractivity contribution is 5.47. The molecule has 1 aliphatic heterocycles. The van der Waals surface area contributed by atoms with Crippen molar-refractivity contribution in [2.45, 2.75) is 52.0 Å². The highest BCUT2D eigenvalue weighted by Crippen LogP contribution is 2.37. The van der Waals surface area contributed by atoms with Crippen LogP contribution >= 0.6 is 0 Å². The molecule has 0 radical (unpaired) electrons. The van der Waals surface area contributed by atoms with Crippen LogP contribution < -0.4 is 10.1 Å². The van der Waals surface area contributed by atoms with E-state index in [1.54, 1.807) is 7.11 Å². The largest absolute Gasteiger partial charge is 0.496 e. The summed E-state index contributed by atoms with van der Waals surface area (Å²) in [6.07, 6.45) is 2.48. The Morgan fingerprint density at radius 2 is 2.06 bits per heavy atom. The summed E-state index contributed by atoms with van der Waals surface area (Å²) in [4.78, 5) is 0. The van der Waals surface area contributed by atoms with Crippen LogP contribution in [0.5, 0.6) is 5.75 Å². The van der Waals surface area contributed by atoms with Crippen molar-refractivity contribution in [3.63, 3.8) is 0 Å². The molecule has 18 heavy (non-hydrogen) atoms. The maximum atomic E-state index is 5.57. The molecule has 1 unspecified atom stereocenters. The Labute approximate surface area is 111 Å². The van der Waals surface area contributed by atoms with Gasteiger partial charge < -0.3 is 10.1 Å². The predicted octanol–water partition coefficient (Wildman–Crippen LogP) is 3.73. The normalized spacial score (nSPS) is 23.7. The van der Waals surface area contributed by atoms with Crippen LogP contribution in [0.2, 0.25) is 0 Å². The van der Waals surface area contributed by atoms with Gasteiger partial charge in [0, 0.05) is 5.54 Å². The number of benzene rings is 1. The maximum absolute atomic E-state index is 5.57. The lowest BCUT2D eigenvalue weighted by Crippen LogP contribution is -2.33. The molecule has 2 nitrogen and oxygen atoms in total. The second kappa shape index (κ2) is 4.93. The fourth-order valence-electron chi connectivity index (χ4n) is 2.97. The number of nitrogens with one attached hydrogen (secondary N) is 1. The van der Waals surface area contributed by atoms with E-state index in [2.05, 4.69) is 45.1 Å². The summed E-state index contributed by atoms with van der Waals surface area (Å²) in [7, 11) is 1.77. The molecule has 1 atom stereocenters. The highest BCUT2D eigenvalue weighted by Gasteiger charge is 2.31. The first kappa shape index (κ1) is 13.4. The highest BCUT2D eigenvalue weighted by atomic mass is 16.5. The molecular weight excluding hydrogens is 222 g/mol. The van der Waals surface area contributed by atoms with Gasteiger partial charge in [0.05, 0.1) is 7.11 Å². The second-order valence-corrected chi connectivity index (χ2v) is 5.93. The molecule has 1 fully saturated rings. The average molecular weight is 247 g/mol. The van der Waals surface area contributed by atoms with Crippen LogP contribution in [0.1, 0.15) is 56.2 Å². The van der Waals surface area contributed by atoms with Gasteiger partial charge in [-0.25, -0.2) is 0 Å². The third-order valence-corrected chi connectivity index (χ3v) is 4.14. The van der Waals surface area contributed by atoms with E-state index >= 15 is 0 Å². The lowest BCUT2D eigenvalue weighted by Gasteiger charge is -2.28. The van der Waals surface area contributed by atoms with Crippen molar-refractivity contribution in [1.29, 1.82) is 0 Å². The lowest BCUT2D eigenvalue weighted by atomic mass is 9.86. The first-order valence-corrected chi connectivity index (χ1v) is 6.92. The summed E-state index contributed by atoms with van der Waals surface area (Å²) in [5, 5.41) is 3.64. The van der Waals surface area contributed by atoms with Gasteiger partial charge in [0.25, 0.3) is 0 Å². The molecule has 1 saturated heterocycles. The van der Waals surface area contributed by atoms with Gasteiger partial charge in [-0.3, -0.25) is 0 Å². The second-order valence-electron chi connectivity index (χ2n) is 5.93. The Kier molecular flexibility index (Phi) is 3.67. The molecule has 0 aliphatic carbocycles. The van der Waals surface area contributed by atoms with Crippen LogP contribution in [0.4, 0.5) is 0 Å². The zero-order chi connectivity index (χ0) is 13.3. The van der Waals surface area contributed by atoms with E-state index in [4.69, 9.17) is 4.74 Å². The fourth-order valence-corrected chi connectivity index (χ4v) is 2.97. The zero-order valence-electron chi connectivity index (χ0n) is 12.3. The van der Waals surface area contributed by atoms with E-state index in [1.807, 2.05) is 0 Å². The van der Waals surface area contributed by atoms with E-state index in [-0.39, 0.29) is 5.54 Å². The molecule has 1 aromatic carbocycles. The number of rotatable bonds is 3. The summed E-state index contributed by atoms with van der Waals surface area (Å²) in [5.74, 6) is 1.54. The molecule has 2 heteroatoms. The SMILES string of the molecule is COc1c(C)cc(C2(C)CCCN2)cc1C(C)C. The Bertz CT molecular complexity index is 431. The minimum atomic E-state index is 0.140. The van der Waals surface area contributed by atoms with Gasteiger partial charge in [-0.1, -0.05) is 19.9 Å². The summed E-state index contributed by atoms with van der Waals surface area (Å²) in [6, 6.07) is 4.61. The molecule has 1 heterocycles. The number of aryl methyl sites for hydroxylation is 1. The van der Waals surface area contributed by atoms with E-state index in [0.717, 1.165) is 12.3 Å². The summed E-state index contributed by atoms with van der Waals surface area (Å²) in [5.41, 5.74) is 4.11. The van der Waals surface area contributed by atoms with Gasteiger partial charge >= 0.3 is 0 Å². The number of methoxy groups -OCH3 is 1. The molecule has 2 rings (SSSR count). The van der Waals surface area contributed by atoms with Gasteiger partial charge in [0.2, 0.25) is 0 Å². The molecule has 0 saturated carbocycles. The number of hydrogen-bond donors (Lipinski definition) is 1. The standard InChI is InChI=1S/C16H25NO/c1-11(2)14-10-13(9-12(3)15(14)18-5)16(4)7-6-8-17-16/h9-11,17H,6-8H2,1-5H3. The van der Waals surface area contributed by atoms with Crippen LogP contribution in [-0.2, 0) is 5.54 Å². The summed E-state index contributed by atoms with van der Waals surface area (Å²) >= 11 is 0. The third kappa shape index (κ3) is 2.26. The lowest BCUT2D eigenvalue weighted by molar-refractivity contribution is 0.400. The van der Waals surface area contributed by atoms with Crippen LogP contribution in [0.25, 0.3) is 0 Å². The van der Waals surface area contributed by atoms with Gasteiger partial charge in [-0.15, -0.1) is 0 Å². The Morgan fingerprint density at radius 3 is 2.56 bits per heavy atom. The van der Waals surface area contributed by atoms with Gasteiger partial charge in [0.1, 0.15) is 5.75 Å². The zero-order valence-corrected chi connectivity index (χ0v) is 12.3. The van der Waals surface area contributed by atoms with E-state index in [0.29, 0.717) is 5.92 Å². The summed E-state index contributed by atoms with van der Waals surface area (Å²) < 4.78 is 5.57. The average Bonchev–Trinajstić information content (AvgIpc) is 2.76. The minimum Gasteiger partial charge on any atom is -0.496 e. The molecule has 1 N–H and O–H groups in total. The molecule has 0 spiro atoms. The predicted molar refractivity (Wildman–Crippen MR) is 76.4 cm³/mol. The van der Waals surface area contributed by atoms with Crippen molar-refractivity contribution in [2.24, 2.45) is 0 Å². The maximum Gasteiger partial charge on any atom is 0.125 e. The Balaban J connectivity index is 2.50.